The quantitative estimate of drug-likeness (QED) is 0.850. The van der Waals surface area contributed by atoms with Gasteiger partial charge in [0.2, 0.25) is 0 Å². The molecule has 0 unspecified atom stereocenters. The summed E-state index contributed by atoms with van der Waals surface area (Å²) in [5, 5.41) is 11.7. The molecule has 19 heavy (non-hydrogen) atoms. The van der Waals surface area contributed by atoms with Gasteiger partial charge in [0.1, 0.15) is 0 Å². The summed E-state index contributed by atoms with van der Waals surface area (Å²) in [5.41, 5.74) is 0.290. The Bertz CT molecular complexity index is 488. The van der Waals surface area contributed by atoms with E-state index in [4.69, 9.17) is 28.3 Å². The Labute approximate surface area is 128 Å². The van der Waals surface area contributed by atoms with E-state index in [1.165, 1.54) is 11.9 Å². The van der Waals surface area contributed by atoms with Crippen LogP contribution in [0.3, 0.4) is 0 Å². The number of carboxylic acid groups (broad SMARTS) is 1. The van der Waals surface area contributed by atoms with Gasteiger partial charge in [-0.2, -0.15) is 0 Å². The smallest absolute Gasteiger partial charge is 0.321 e. The Morgan fingerprint density at radius 1 is 1.37 bits per heavy atom. The second kappa shape index (κ2) is 6.98. The molecule has 0 aliphatic heterocycles. The van der Waals surface area contributed by atoms with E-state index in [2.05, 4.69) is 21.2 Å². The van der Waals surface area contributed by atoms with Crippen LogP contribution in [0.25, 0.3) is 0 Å². The molecule has 5 nitrogen and oxygen atoms in total. The van der Waals surface area contributed by atoms with Gasteiger partial charge in [0.15, 0.2) is 0 Å². The lowest BCUT2D eigenvalue weighted by atomic mass is 10.3. The Morgan fingerprint density at radius 3 is 2.37 bits per heavy atom. The summed E-state index contributed by atoms with van der Waals surface area (Å²) < 4.78 is 0.694. The van der Waals surface area contributed by atoms with Crippen molar-refractivity contribution in [1.29, 1.82) is 0 Å². The van der Waals surface area contributed by atoms with Crippen molar-refractivity contribution in [2.24, 2.45) is 0 Å². The Hall–Kier alpha value is -0.980. The lowest BCUT2D eigenvalue weighted by Gasteiger charge is -2.18. The molecule has 0 heterocycles. The van der Waals surface area contributed by atoms with Gasteiger partial charge in [0.05, 0.1) is 22.2 Å². The van der Waals surface area contributed by atoms with Crippen molar-refractivity contribution in [1.82, 2.24) is 4.90 Å². The standard InChI is InChI=1S/C11H11BrCl2N2O3/c1-16(3-2-9(17)18)11(19)15-10-7(13)4-6(12)5-8(10)14/h4-5H,2-3H2,1H3,(H,15,19)(H,17,18). The largest absolute Gasteiger partial charge is 0.481 e. The SMILES string of the molecule is CN(CCC(=O)O)C(=O)Nc1c(Cl)cc(Br)cc1Cl. The number of carbonyl (C=O) groups excluding carboxylic acids is 1. The number of aliphatic carboxylic acids is 1. The molecule has 104 valence electrons. The van der Waals surface area contributed by atoms with Gasteiger partial charge in [-0.15, -0.1) is 0 Å². The number of rotatable bonds is 4. The molecular weight excluding hydrogens is 359 g/mol. The van der Waals surface area contributed by atoms with Gasteiger partial charge in [-0.05, 0) is 12.1 Å². The summed E-state index contributed by atoms with van der Waals surface area (Å²) in [6, 6.07) is 2.72. The van der Waals surface area contributed by atoms with E-state index in [0.717, 1.165) is 0 Å². The number of carbonyl (C=O) groups is 2. The summed E-state index contributed by atoms with van der Waals surface area (Å²) in [4.78, 5) is 23.5. The van der Waals surface area contributed by atoms with Gasteiger partial charge in [-0.1, -0.05) is 39.1 Å². The zero-order valence-electron chi connectivity index (χ0n) is 9.91. The first kappa shape index (κ1) is 16.1. The normalized spacial score (nSPS) is 10.1. The van der Waals surface area contributed by atoms with E-state index in [-0.39, 0.29) is 13.0 Å². The number of urea groups is 1. The molecule has 0 saturated carbocycles. The van der Waals surface area contributed by atoms with Gasteiger partial charge >= 0.3 is 12.0 Å². The number of hydrogen-bond acceptors (Lipinski definition) is 2. The minimum Gasteiger partial charge on any atom is -0.481 e. The number of benzene rings is 1. The fourth-order valence-electron chi connectivity index (χ4n) is 1.23. The maximum atomic E-state index is 11.8. The summed E-state index contributed by atoms with van der Waals surface area (Å²) in [6.07, 6.45) is -0.133. The van der Waals surface area contributed by atoms with Crippen molar-refractivity contribution in [3.05, 3.63) is 26.7 Å². The number of nitrogens with one attached hydrogen (secondary N) is 1. The maximum Gasteiger partial charge on any atom is 0.321 e. The first-order valence-corrected chi connectivity index (χ1v) is 6.74. The van der Waals surface area contributed by atoms with Crippen molar-refractivity contribution in [2.45, 2.75) is 6.42 Å². The highest BCUT2D eigenvalue weighted by Crippen LogP contribution is 2.33. The van der Waals surface area contributed by atoms with Crippen molar-refractivity contribution < 1.29 is 14.7 Å². The fourth-order valence-corrected chi connectivity index (χ4v) is 2.53. The molecule has 1 rings (SSSR count). The van der Waals surface area contributed by atoms with Crippen LogP contribution in [-0.2, 0) is 4.79 Å². The second-order valence-corrected chi connectivity index (χ2v) is 5.47. The van der Waals surface area contributed by atoms with Gasteiger partial charge in [-0.3, -0.25) is 4.79 Å². The topological polar surface area (TPSA) is 69.6 Å². The average molecular weight is 370 g/mol. The molecule has 0 spiro atoms. The molecule has 0 aromatic heterocycles. The van der Waals surface area contributed by atoms with Crippen LogP contribution in [0.1, 0.15) is 6.42 Å². The monoisotopic (exact) mass is 368 g/mol. The van der Waals surface area contributed by atoms with Crippen molar-refractivity contribution >= 4 is 56.8 Å². The maximum absolute atomic E-state index is 11.8. The van der Waals surface area contributed by atoms with Gasteiger partial charge in [0.25, 0.3) is 0 Å². The fraction of sp³-hybridized carbons (Fsp3) is 0.273. The Kier molecular flexibility index (Phi) is 5.90. The average Bonchev–Trinajstić information content (AvgIpc) is 2.30. The zero-order chi connectivity index (χ0) is 14.6. The number of amides is 2. The minimum atomic E-state index is -0.973. The molecule has 0 atom stereocenters. The predicted molar refractivity (Wildman–Crippen MR) is 78.1 cm³/mol. The number of halogens is 3. The van der Waals surface area contributed by atoms with Gasteiger partial charge < -0.3 is 15.3 Å². The van der Waals surface area contributed by atoms with Crippen LogP contribution in [0.2, 0.25) is 10.0 Å². The van der Waals surface area contributed by atoms with Crippen LogP contribution in [-0.4, -0.2) is 35.6 Å². The summed E-state index contributed by atoms with van der Waals surface area (Å²) >= 11 is 15.2. The van der Waals surface area contributed by atoms with E-state index >= 15 is 0 Å². The highest BCUT2D eigenvalue weighted by molar-refractivity contribution is 9.10. The zero-order valence-corrected chi connectivity index (χ0v) is 13.0. The predicted octanol–water partition coefficient (Wildman–Crippen LogP) is 3.69. The van der Waals surface area contributed by atoms with Crippen LogP contribution < -0.4 is 5.32 Å². The van der Waals surface area contributed by atoms with E-state index in [9.17, 15) is 9.59 Å². The third-order valence-electron chi connectivity index (χ3n) is 2.25. The molecule has 0 bridgehead atoms. The number of hydrogen-bond donors (Lipinski definition) is 2. The molecular formula is C11H11BrCl2N2O3. The van der Waals surface area contributed by atoms with E-state index in [1.807, 2.05) is 0 Å². The van der Waals surface area contributed by atoms with E-state index in [0.29, 0.717) is 20.2 Å². The molecule has 8 heteroatoms. The Morgan fingerprint density at radius 2 is 1.89 bits per heavy atom. The van der Waals surface area contributed by atoms with Crippen LogP contribution in [0.5, 0.6) is 0 Å². The summed E-state index contributed by atoms with van der Waals surface area (Å²) in [6.45, 7) is 0.0902. The van der Waals surface area contributed by atoms with Crippen LogP contribution in [0, 0.1) is 0 Å². The van der Waals surface area contributed by atoms with Crippen LogP contribution in [0.15, 0.2) is 16.6 Å². The lowest BCUT2D eigenvalue weighted by molar-refractivity contribution is -0.137. The van der Waals surface area contributed by atoms with Crippen molar-refractivity contribution in [3.63, 3.8) is 0 Å². The summed E-state index contributed by atoms with van der Waals surface area (Å²) in [5.74, 6) is -0.973. The molecule has 1 aromatic carbocycles. The number of nitrogens with zero attached hydrogens (tertiary/aromatic N) is 1. The second-order valence-electron chi connectivity index (χ2n) is 3.74. The highest BCUT2D eigenvalue weighted by atomic mass is 79.9. The molecule has 0 aliphatic carbocycles. The molecule has 0 fully saturated rings. The minimum absolute atomic E-state index is 0.0902. The molecule has 2 amide bonds. The van der Waals surface area contributed by atoms with Crippen molar-refractivity contribution in [2.75, 3.05) is 18.9 Å². The third-order valence-corrected chi connectivity index (χ3v) is 3.30. The first-order chi connectivity index (χ1) is 8.81. The molecule has 0 saturated heterocycles. The van der Waals surface area contributed by atoms with E-state index < -0.39 is 12.0 Å². The number of anilines is 1. The lowest BCUT2D eigenvalue weighted by Crippen LogP contribution is -2.33. The third kappa shape index (κ3) is 4.89. The summed E-state index contributed by atoms with van der Waals surface area (Å²) in [7, 11) is 1.49. The first-order valence-electron chi connectivity index (χ1n) is 5.19. The Balaban J connectivity index is 2.74. The van der Waals surface area contributed by atoms with Crippen LogP contribution in [0.4, 0.5) is 10.5 Å². The van der Waals surface area contributed by atoms with E-state index in [1.54, 1.807) is 12.1 Å². The highest BCUT2D eigenvalue weighted by Gasteiger charge is 2.14. The van der Waals surface area contributed by atoms with Crippen LogP contribution >= 0.6 is 39.1 Å². The molecule has 0 aliphatic rings. The van der Waals surface area contributed by atoms with Crippen molar-refractivity contribution in [3.8, 4) is 0 Å². The van der Waals surface area contributed by atoms with Gasteiger partial charge in [0, 0.05) is 18.1 Å². The molecule has 1 aromatic rings. The molecule has 0 radical (unpaired) electrons. The number of carboxylic acids is 1. The van der Waals surface area contributed by atoms with Gasteiger partial charge in [-0.25, -0.2) is 4.79 Å². The molecule has 2 N–H and O–H groups in total.